The van der Waals surface area contributed by atoms with Crippen LogP contribution in [0.5, 0.6) is 0 Å². The lowest BCUT2D eigenvalue weighted by Crippen LogP contribution is -2.33. The molecule has 1 saturated carbocycles. The van der Waals surface area contributed by atoms with Crippen LogP contribution in [0, 0.1) is 0 Å². The fourth-order valence-electron chi connectivity index (χ4n) is 2.04. The third-order valence-corrected chi connectivity index (χ3v) is 3.01. The highest BCUT2D eigenvalue weighted by molar-refractivity contribution is 4.76. The minimum absolute atomic E-state index is 0.472. The van der Waals surface area contributed by atoms with Gasteiger partial charge in [0, 0.05) is 12.6 Å². The topological polar surface area (TPSA) is 30.5 Å². The molecule has 1 aliphatic rings. The Labute approximate surface area is 93.5 Å². The molecule has 1 aliphatic carbocycles. The Morgan fingerprint density at radius 1 is 1.07 bits per heavy atom. The van der Waals surface area contributed by atoms with Gasteiger partial charge in [-0.2, -0.15) is 0 Å². The molecule has 0 spiro atoms. The first-order valence-corrected chi connectivity index (χ1v) is 6.23. The van der Waals surface area contributed by atoms with Crippen molar-refractivity contribution in [2.75, 3.05) is 26.9 Å². The molecule has 15 heavy (non-hydrogen) atoms. The van der Waals surface area contributed by atoms with Crippen molar-refractivity contribution >= 4 is 0 Å². The van der Waals surface area contributed by atoms with E-state index in [4.69, 9.17) is 9.47 Å². The molecule has 3 nitrogen and oxygen atoms in total. The van der Waals surface area contributed by atoms with E-state index in [9.17, 15) is 0 Å². The molecule has 0 heterocycles. The largest absolute Gasteiger partial charge is 0.379 e. The molecule has 0 amide bonds. The van der Waals surface area contributed by atoms with Gasteiger partial charge in [0.2, 0.25) is 0 Å². The second-order valence-electron chi connectivity index (χ2n) is 4.25. The van der Waals surface area contributed by atoms with Gasteiger partial charge in [-0.3, -0.25) is 0 Å². The van der Waals surface area contributed by atoms with Gasteiger partial charge in [-0.25, -0.2) is 0 Å². The Hall–Kier alpha value is -0.120. The summed E-state index contributed by atoms with van der Waals surface area (Å²) in [5.41, 5.74) is 0. The molecule has 0 radical (unpaired) electrons. The zero-order valence-electron chi connectivity index (χ0n) is 10.1. The standard InChI is InChI=1S/C12H25NO2/c1-3-8-14-9-10-15-12-6-4-11(13-2)5-7-12/h11-13H,3-10H2,1-2H3. The van der Waals surface area contributed by atoms with Gasteiger partial charge in [0.05, 0.1) is 19.3 Å². The minimum atomic E-state index is 0.472. The van der Waals surface area contributed by atoms with E-state index in [1.54, 1.807) is 0 Å². The highest BCUT2D eigenvalue weighted by Gasteiger charge is 2.19. The average Bonchev–Trinajstić information content (AvgIpc) is 2.30. The molecule has 0 atom stereocenters. The maximum absolute atomic E-state index is 5.77. The van der Waals surface area contributed by atoms with Crippen LogP contribution in [0.25, 0.3) is 0 Å². The molecule has 1 rings (SSSR count). The van der Waals surface area contributed by atoms with Crippen LogP contribution < -0.4 is 5.32 Å². The van der Waals surface area contributed by atoms with Gasteiger partial charge in [0.25, 0.3) is 0 Å². The van der Waals surface area contributed by atoms with Crippen molar-refractivity contribution in [1.29, 1.82) is 0 Å². The molecule has 0 aromatic heterocycles. The normalized spacial score (nSPS) is 26.8. The van der Waals surface area contributed by atoms with Crippen LogP contribution in [0.1, 0.15) is 39.0 Å². The van der Waals surface area contributed by atoms with Crippen LogP contribution in [0.2, 0.25) is 0 Å². The lowest BCUT2D eigenvalue weighted by molar-refractivity contribution is -0.0131. The summed E-state index contributed by atoms with van der Waals surface area (Å²) in [5.74, 6) is 0. The Balaban J connectivity index is 1.94. The number of ether oxygens (including phenoxy) is 2. The van der Waals surface area contributed by atoms with Crippen molar-refractivity contribution in [2.45, 2.75) is 51.2 Å². The molecule has 1 fully saturated rings. The van der Waals surface area contributed by atoms with E-state index < -0.39 is 0 Å². The first-order chi connectivity index (χ1) is 7.36. The third-order valence-electron chi connectivity index (χ3n) is 3.01. The highest BCUT2D eigenvalue weighted by Crippen LogP contribution is 2.20. The van der Waals surface area contributed by atoms with Crippen LogP contribution in [0.15, 0.2) is 0 Å². The Bertz CT molecular complexity index is 145. The van der Waals surface area contributed by atoms with Crippen molar-refractivity contribution in [3.63, 3.8) is 0 Å². The smallest absolute Gasteiger partial charge is 0.0704 e. The predicted octanol–water partition coefficient (Wildman–Crippen LogP) is 1.96. The van der Waals surface area contributed by atoms with Gasteiger partial charge in [-0.1, -0.05) is 6.92 Å². The van der Waals surface area contributed by atoms with Crippen LogP contribution in [-0.4, -0.2) is 39.0 Å². The van der Waals surface area contributed by atoms with Gasteiger partial charge < -0.3 is 14.8 Å². The van der Waals surface area contributed by atoms with E-state index in [-0.39, 0.29) is 0 Å². The molecular formula is C12H25NO2. The second kappa shape index (κ2) is 8.08. The maximum Gasteiger partial charge on any atom is 0.0704 e. The molecule has 90 valence electrons. The molecule has 0 aromatic carbocycles. The minimum Gasteiger partial charge on any atom is -0.379 e. The second-order valence-corrected chi connectivity index (χ2v) is 4.25. The molecule has 0 unspecified atom stereocenters. The quantitative estimate of drug-likeness (QED) is 0.659. The predicted molar refractivity (Wildman–Crippen MR) is 62.2 cm³/mol. The molecule has 0 bridgehead atoms. The van der Waals surface area contributed by atoms with E-state index in [0.717, 1.165) is 26.2 Å². The first kappa shape index (κ1) is 12.9. The Morgan fingerprint density at radius 3 is 2.40 bits per heavy atom. The van der Waals surface area contributed by atoms with Gasteiger partial charge in [0.15, 0.2) is 0 Å². The van der Waals surface area contributed by atoms with Crippen molar-refractivity contribution < 1.29 is 9.47 Å². The van der Waals surface area contributed by atoms with Crippen molar-refractivity contribution in [2.24, 2.45) is 0 Å². The lowest BCUT2D eigenvalue weighted by atomic mass is 9.93. The van der Waals surface area contributed by atoms with Crippen LogP contribution >= 0.6 is 0 Å². The zero-order chi connectivity index (χ0) is 10.9. The summed E-state index contributed by atoms with van der Waals surface area (Å²) in [6.45, 7) is 4.49. The summed E-state index contributed by atoms with van der Waals surface area (Å²) in [7, 11) is 2.05. The zero-order valence-corrected chi connectivity index (χ0v) is 10.1. The molecule has 0 aromatic rings. The number of hydrogen-bond acceptors (Lipinski definition) is 3. The molecule has 0 saturated heterocycles. The first-order valence-electron chi connectivity index (χ1n) is 6.23. The number of nitrogens with one attached hydrogen (secondary N) is 1. The summed E-state index contributed by atoms with van der Waals surface area (Å²) in [4.78, 5) is 0. The molecule has 3 heteroatoms. The third kappa shape index (κ3) is 5.50. The van der Waals surface area contributed by atoms with Crippen LogP contribution in [-0.2, 0) is 9.47 Å². The summed E-state index contributed by atoms with van der Waals surface area (Å²) in [6, 6.07) is 0.709. The maximum atomic E-state index is 5.77. The van der Waals surface area contributed by atoms with Crippen molar-refractivity contribution in [1.82, 2.24) is 5.32 Å². The summed E-state index contributed by atoms with van der Waals surface area (Å²) in [5, 5.41) is 3.33. The van der Waals surface area contributed by atoms with Gasteiger partial charge >= 0.3 is 0 Å². The molecular weight excluding hydrogens is 190 g/mol. The average molecular weight is 215 g/mol. The highest BCUT2D eigenvalue weighted by atomic mass is 16.5. The van der Waals surface area contributed by atoms with E-state index in [1.165, 1.54) is 25.7 Å². The molecule has 0 aliphatic heterocycles. The van der Waals surface area contributed by atoms with Crippen molar-refractivity contribution in [3.8, 4) is 0 Å². The SMILES string of the molecule is CCCOCCOC1CCC(NC)CC1. The number of hydrogen-bond donors (Lipinski definition) is 1. The fraction of sp³-hybridized carbons (Fsp3) is 1.00. The van der Waals surface area contributed by atoms with Crippen LogP contribution in [0.3, 0.4) is 0 Å². The Morgan fingerprint density at radius 2 is 1.80 bits per heavy atom. The van der Waals surface area contributed by atoms with E-state index in [0.29, 0.717) is 12.1 Å². The summed E-state index contributed by atoms with van der Waals surface area (Å²) >= 11 is 0. The van der Waals surface area contributed by atoms with Gasteiger partial charge in [0.1, 0.15) is 0 Å². The fourth-order valence-corrected chi connectivity index (χ4v) is 2.04. The van der Waals surface area contributed by atoms with E-state index in [1.807, 2.05) is 7.05 Å². The van der Waals surface area contributed by atoms with E-state index >= 15 is 0 Å². The Kier molecular flexibility index (Phi) is 6.98. The monoisotopic (exact) mass is 215 g/mol. The molecule has 1 N–H and O–H groups in total. The van der Waals surface area contributed by atoms with E-state index in [2.05, 4.69) is 12.2 Å². The summed E-state index contributed by atoms with van der Waals surface area (Å²) in [6.07, 6.45) is 6.44. The van der Waals surface area contributed by atoms with Gasteiger partial charge in [-0.05, 0) is 39.2 Å². The van der Waals surface area contributed by atoms with Crippen LogP contribution in [0.4, 0.5) is 0 Å². The summed E-state index contributed by atoms with van der Waals surface area (Å²) < 4.78 is 11.1. The number of rotatable bonds is 7. The lowest BCUT2D eigenvalue weighted by Gasteiger charge is -2.28. The van der Waals surface area contributed by atoms with Crippen molar-refractivity contribution in [3.05, 3.63) is 0 Å². The van der Waals surface area contributed by atoms with Gasteiger partial charge in [-0.15, -0.1) is 0 Å².